The molecule has 0 aliphatic rings. The normalized spacial score (nSPS) is 13.1. The van der Waals surface area contributed by atoms with E-state index in [1.807, 2.05) is 30.3 Å². The minimum Gasteiger partial charge on any atom is -0.326 e. The molecular weight excluding hydrogens is 308 g/mol. The van der Waals surface area contributed by atoms with Crippen molar-refractivity contribution in [2.75, 3.05) is 0 Å². The Balaban J connectivity index is 2.26. The first-order valence-corrected chi connectivity index (χ1v) is 8.36. The third-order valence-corrected chi connectivity index (χ3v) is 5.09. The van der Waals surface area contributed by atoms with E-state index in [1.165, 1.54) is 12.1 Å². The SMILES string of the molecule is CC(NS(=O)(=O)c1ccc(Cl)c(CN)c1)c1ccccc1. The van der Waals surface area contributed by atoms with Gasteiger partial charge >= 0.3 is 0 Å². The third kappa shape index (κ3) is 3.83. The molecule has 2 aromatic carbocycles. The molecule has 2 rings (SSSR count). The van der Waals surface area contributed by atoms with Crippen molar-refractivity contribution in [2.24, 2.45) is 5.73 Å². The van der Waals surface area contributed by atoms with Gasteiger partial charge in [-0.25, -0.2) is 13.1 Å². The van der Waals surface area contributed by atoms with Crippen LogP contribution in [-0.2, 0) is 16.6 Å². The van der Waals surface area contributed by atoms with Crippen LogP contribution in [0.15, 0.2) is 53.4 Å². The minimum atomic E-state index is -3.62. The van der Waals surface area contributed by atoms with Gasteiger partial charge in [0.2, 0.25) is 10.0 Å². The molecule has 112 valence electrons. The largest absolute Gasteiger partial charge is 0.326 e. The molecule has 0 saturated heterocycles. The van der Waals surface area contributed by atoms with Crippen molar-refractivity contribution < 1.29 is 8.42 Å². The van der Waals surface area contributed by atoms with Crippen LogP contribution in [0.3, 0.4) is 0 Å². The maximum Gasteiger partial charge on any atom is 0.241 e. The molecule has 2 aromatic rings. The van der Waals surface area contributed by atoms with E-state index in [4.69, 9.17) is 17.3 Å². The zero-order chi connectivity index (χ0) is 15.5. The van der Waals surface area contributed by atoms with Gasteiger partial charge in [-0.3, -0.25) is 0 Å². The highest BCUT2D eigenvalue weighted by atomic mass is 35.5. The minimum absolute atomic E-state index is 0.162. The lowest BCUT2D eigenvalue weighted by Crippen LogP contribution is -2.27. The fraction of sp³-hybridized carbons (Fsp3) is 0.200. The summed E-state index contributed by atoms with van der Waals surface area (Å²) in [5.41, 5.74) is 7.06. The van der Waals surface area contributed by atoms with Gasteiger partial charge in [-0.2, -0.15) is 0 Å². The van der Waals surface area contributed by atoms with E-state index in [-0.39, 0.29) is 17.5 Å². The first-order chi connectivity index (χ1) is 9.94. The molecule has 21 heavy (non-hydrogen) atoms. The molecule has 0 radical (unpaired) electrons. The lowest BCUT2D eigenvalue weighted by molar-refractivity contribution is 0.567. The standard InChI is InChI=1S/C15H17ClN2O2S/c1-11(12-5-3-2-4-6-12)18-21(19,20)14-7-8-15(16)13(9-14)10-17/h2-9,11,18H,10,17H2,1H3. The van der Waals surface area contributed by atoms with E-state index in [0.717, 1.165) is 5.56 Å². The van der Waals surface area contributed by atoms with Crippen LogP contribution in [0.25, 0.3) is 0 Å². The van der Waals surface area contributed by atoms with Crippen molar-refractivity contribution in [3.63, 3.8) is 0 Å². The zero-order valence-corrected chi connectivity index (χ0v) is 13.2. The molecule has 1 atom stereocenters. The van der Waals surface area contributed by atoms with Gasteiger partial charge in [0.05, 0.1) is 4.90 Å². The second kappa shape index (κ2) is 6.58. The summed E-state index contributed by atoms with van der Waals surface area (Å²) < 4.78 is 27.4. The highest BCUT2D eigenvalue weighted by molar-refractivity contribution is 7.89. The highest BCUT2D eigenvalue weighted by Crippen LogP contribution is 2.22. The number of benzene rings is 2. The fourth-order valence-corrected chi connectivity index (χ4v) is 3.46. The lowest BCUT2D eigenvalue weighted by atomic mass is 10.1. The molecule has 0 heterocycles. The van der Waals surface area contributed by atoms with Crippen molar-refractivity contribution in [1.29, 1.82) is 0 Å². The highest BCUT2D eigenvalue weighted by Gasteiger charge is 2.19. The number of rotatable bonds is 5. The van der Waals surface area contributed by atoms with Crippen LogP contribution in [0.2, 0.25) is 5.02 Å². The van der Waals surface area contributed by atoms with Crippen LogP contribution in [0.4, 0.5) is 0 Å². The van der Waals surface area contributed by atoms with Gasteiger partial charge in [-0.05, 0) is 36.2 Å². The predicted octanol–water partition coefficient (Wildman–Crippen LogP) is 2.84. The molecule has 6 heteroatoms. The smallest absolute Gasteiger partial charge is 0.241 e. The van der Waals surface area contributed by atoms with Crippen molar-refractivity contribution >= 4 is 21.6 Å². The van der Waals surface area contributed by atoms with Crippen LogP contribution < -0.4 is 10.5 Å². The third-order valence-electron chi connectivity index (χ3n) is 3.18. The monoisotopic (exact) mass is 324 g/mol. The Morgan fingerprint density at radius 2 is 1.86 bits per heavy atom. The van der Waals surface area contributed by atoms with Gasteiger partial charge in [0, 0.05) is 17.6 Å². The van der Waals surface area contributed by atoms with Gasteiger partial charge in [0.25, 0.3) is 0 Å². The number of nitrogens with one attached hydrogen (secondary N) is 1. The molecule has 4 nitrogen and oxygen atoms in total. The number of sulfonamides is 1. The Labute approximate surface area is 130 Å². The first kappa shape index (κ1) is 16.0. The summed E-state index contributed by atoms with van der Waals surface area (Å²) in [5.74, 6) is 0. The van der Waals surface area contributed by atoms with E-state index in [9.17, 15) is 8.42 Å². The van der Waals surface area contributed by atoms with Crippen LogP contribution >= 0.6 is 11.6 Å². The number of halogens is 1. The van der Waals surface area contributed by atoms with Crippen LogP contribution in [0.1, 0.15) is 24.1 Å². The number of nitrogens with two attached hydrogens (primary N) is 1. The molecule has 0 aromatic heterocycles. The summed E-state index contributed by atoms with van der Waals surface area (Å²) in [6.07, 6.45) is 0. The molecular formula is C15H17ClN2O2S. The van der Waals surface area contributed by atoms with Gasteiger partial charge in [0.1, 0.15) is 0 Å². The number of hydrogen-bond donors (Lipinski definition) is 2. The van der Waals surface area contributed by atoms with Gasteiger partial charge < -0.3 is 5.73 Å². The summed E-state index contributed by atoms with van der Waals surface area (Å²) in [6.45, 7) is 1.99. The maximum absolute atomic E-state index is 12.4. The summed E-state index contributed by atoms with van der Waals surface area (Å²) in [5, 5.41) is 0.465. The molecule has 0 spiro atoms. The van der Waals surface area contributed by atoms with E-state index in [0.29, 0.717) is 10.6 Å². The predicted molar refractivity (Wildman–Crippen MR) is 84.5 cm³/mol. The maximum atomic E-state index is 12.4. The summed E-state index contributed by atoms with van der Waals surface area (Å²) in [6, 6.07) is 13.6. The quantitative estimate of drug-likeness (QED) is 0.888. The number of hydrogen-bond acceptors (Lipinski definition) is 3. The van der Waals surface area contributed by atoms with Gasteiger partial charge in [-0.15, -0.1) is 0 Å². The Morgan fingerprint density at radius 1 is 1.19 bits per heavy atom. The second-order valence-electron chi connectivity index (χ2n) is 4.71. The molecule has 0 bridgehead atoms. The average molecular weight is 325 g/mol. The van der Waals surface area contributed by atoms with Gasteiger partial charge in [-0.1, -0.05) is 41.9 Å². The van der Waals surface area contributed by atoms with Crippen molar-refractivity contribution in [3.05, 3.63) is 64.7 Å². The molecule has 0 saturated carbocycles. The van der Waals surface area contributed by atoms with E-state index in [1.54, 1.807) is 13.0 Å². The molecule has 0 aliphatic heterocycles. The summed E-state index contributed by atoms with van der Waals surface area (Å²) in [7, 11) is -3.62. The molecule has 3 N–H and O–H groups in total. The average Bonchev–Trinajstić information content (AvgIpc) is 2.48. The topological polar surface area (TPSA) is 72.2 Å². The van der Waals surface area contributed by atoms with Crippen LogP contribution in [0, 0.1) is 0 Å². The second-order valence-corrected chi connectivity index (χ2v) is 6.83. The Bertz CT molecular complexity index is 718. The first-order valence-electron chi connectivity index (χ1n) is 6.50. The lowest BCUT2D eigenvalue weighted by Gasteiger charge is -2.15. The van der Waals surface area contributed by atoms with Crippen LogP contribution in [0.5, 0.6) is 0 Å². The van der Waals surface area contributed by atoms with Gasteiger partial charge in [0.15, 0.2) is 0 Å². The summed E-state index contributed by atoms with van der Waals surface area (Å²) in [4.78, 5) is 0.162. The van der Waals surface area contributed by atoms with E-state index < -0.39 is 10.0 Å². The van der Waals surface area contributed by atoms with E-state index in [2.05, 4.69) is 4.72 Å². The molecule has 0 aliphatic carbocycles. The van der Waals surface area contributed by atoms with Crippen molar-refractivity contribution in [1.82, 2.24) is 4.72 Å². The molecule has 1 unspecified atom stereocenters. The Kier molecular flexibility index (Phi) is 5.00. The summed E-state index contributed by atoms with van der Waals surface area (Å²) >= 11 is 5.95. The molecule has 0 fully saturated rings. The fourth-order valence-electron chi connectivity index (χ4n) is 1.99. The van der Waals surface area contributed by atoms with Crippen molar-refractivity contribution in [2.45, 2.75) is 24.4 Å². The van der Waals surface area contributed by atoms with Crippen LogP contribution in [-0.4, -0.2) is 8.42 Å². The Morgan fingerprint density at radius 3 is 2.48 bits per heavy atom. The molecule has 0 amide bonds. The Hall–Kier alpha value is -1.40. The van der Waals surface area contributed by atoms with Crippen molar-refractivity contribution in [3.8, 4) is 0 Å². The zero-order valence-electron chi connectivity index (χ0n) is 11.6. The van der Waals surface area contributed by atoms with E-state index >= 15 is 0 Å².